The molecule has 1 unspecified atom stereocenters. The van der Waals surface area contributed by atoms with Gasteiger partial charge in [0.1, 0.15) is 5.75 Å². The third-order valence-corrected chi connectivity index (χ3v) is 6.94. The average molecular weight is 529 g/mol. The SMILES string of the molecule is CCNC(=NCC1(c2ccc(OC)cc2)CCOCC1)N1CCC2(CCOC2)C1.I. The molecule has 7 heteroatoms. The quantitative estimate of drug-likeness (QED) is 0.360. The topological polar surface area (TPSA) is 55.3 Å². The lowest BCUT2D eigenvalue weighted by atomic mass is 9.74. The molecule has 1 N–H and O–H groups in total. The maximum Gasteiger partial charge on any atom is 0.193 e. The van der Waals surface area contributed by atoms with Gasteiger partial charge in [-0.1, -0.05) is 12.1 Å². The Bertz CT molecular complexity index is 698. The molecule has 0 aromatic heterocycles. The van der Waals surface area contributed by atoms with E-state index in [1.807, 2.05) is 0 Å². The number of likely N-dealkylation sites (tertiary alicyclic amines) is 1. The van der Waals surface area contributed by atoms with E-state index < -0.39 is 0 Å². The van der Waals surface area contributed by atoms with Crippen LogP contribution in [0.1, 0.15) is 38.2 Å². The second-order valence-corrected chi connectivity index (χ2v) is 8.77. The summed E-state index contributed by atoms with van der Waals surface area (Å²) in [6.45, 7) is 9.32. The summed E-state index contributed by atoms with van der Waals surface area (Å²) in [6.07, 6.45) is 4.38. The van der Waals surface area contributed by atoms with E-state index in [9.17, 15) is 0 Å². The number of rotatable bonds is 5. The van der Waals surface area contributed by atoms with E-state index in [0.717, 1.165) is 77.2 Å². The Hall–Kier alpha value is -1.06. The molecule has 1 aromatic carbocycles. The number of ether oxygens (including phenoxy) is 3. The minimum atomic E-state index is 0. The molecule has 3 fully saturated rings. The highest BCUT2D eigenvalue weighted by Gasteiger charge is 2.42. The van der Waals surface area contributed by atoms with Gasteiger partial charge in [-0.25, -0.2) is 0 Å². The molecule has 0 radical (unpaired) electrons. The minimum Gasteiger partial charge on any atom is -0.497 e. The lowest BCUT2D eigenvalue weighted by Gasteiger charge is -2.37. The van der Waals surface area contributed by atoms with E-state index in [1.54, 1.807) is 7.11 Å². The first-order chi connectivity index (χ1) is 14.2. The molecule has 3 aliphatic heterocycles. The van der Waals surface area contributed by atoms with Crippen LogP contribution >= 0.6 is 24.0 Å². The van der Waals surface area contributed by atoms with Gasteiger partial charge in [0.15, 0.2) is 5.96 Å². The van der Waals surface area contributed by atoms with E-state index in [1.165, 1.54) is 18.4 Å². The molecule has 0 amide bonds. The summed E-state index contributed by atoms with van der Waals surface area (Å²) < 4.78 is 16.8. The average Bonchev–Trinajstić information content (AvgIpc) is 3.41. The van der Waals surface area contributed by atoms with Crippen molar-refractivity contribution >= 4 is 29.9 Å². The van der Waals surface area contributed by atoms with Gasteiger partial charge in [0.05, 0.1) is 20.3 Å². The molecular weight excluding hydrogens is 493 g/mol. The zero-order valence-electron chi connectivity index (χ0n) is 18.3. The van der Waals surface area contributed by atoms with Crippen LogP contribution in [0.4, 0.5) is 0 Å². The first-order valence-corrected chi connectivity index (χ1v) is 11.0. The van der Waals surface area contributed by atoms with Gasteiger partial charge in [0.2, 0.25) is 0 Å². The molecule has 3 heterocycles. The smallest absolute Gasteiger partial charge is 0.193 e. The predicted molar refractivity (Wildman–Crippen MR) is 130 cm³/mol. The Kier molecular flexibility index (Phi) is 8.26. The van der Waals surface area contributed by atoms with Crippen LogP contribution in [0.2, 0.25) is 0 Å². The number of hydrogen-bond acceptors (Lipinski definition) is 4. The number of methoxy groups -OCH3 is 1. The van der Waals surface area contributed by atoms with E-state index >= 15 is 0 Å². The van der Waals surface area contributed by atoms with Crippen molar-refractivity contribution in [1.29, 1.82) is 0 Å². The van der Waals surface area contributed by atoms with Gasteiger partial charge in [-0.15, -0.1) is 24.0 Å². The second kappa shape index (κ2) is 10.5. The molecule has 1 atom stereocenters. The number of benzene rings is 1. The zero-order chi connectivity index (χ0) is 20.2. The normalized spacial score (nSPS) is 25.9. The van der Waals surface area contributed by atoms with Crippen molar-refractivity contribution in [2.45, 2.75) is 38.0 Å². The number of guanidine groups is 1. The molecule has 168 valence electrons. The van der Waals surface area contributed by atoms with Crippen LogP contribution in [0.3, 0.4) is 0 Å². The molecule has 3 aliphatic rings. The summed E-state index contributed by atoms with van der Waals surface area (Å²) in [5, 5.41) is 3.54. The number of nitrogens with one attached hydrogen (secondary N) is 1. The summed E-state index contributed by atoms with van der Waals surface area (Å²) >= 11 is 0. The Morgan fingerprint density at radius 1 is 1.10 bits per heavy atom. The van der Waals surface area contributed by atoms with Crippen LogP contribution in [0, 0.1) is 5.41 Å². The van der Waals surface area contributed by atoms with Gasteiger partial charge in [0, 0.05) is 50.3 Å². The lowest BCUT2D eigenvalue weighted by molar-refractivity contribution is 0.0530. The fraction of sp³-hybridized carbons (Fsp3) is 0.696. The molecule has 30 heavy (non-hydrogen) atoms. The number of aliphatic imine (C=N–C) groups is 1. The third-order valence-electron chi connectivity index (χ3n) is 6.94. The molecule has 0 bridgehead atoms. The maximum absolute atomic E-state index is 5.71. The number of nitrogens with zero attached hydrogens (tertiary/aromatic N) is 2. The summed E-state index contributed by atoms with van der Waals surface area (Å²) in [5.74, 6) is 1.95. The fourth-order valence-corrected chi connectivity index (χ4v) is 4.98. The van der Waals surface area contributed by atoms with Crippen LogP contribution in [0.25, 0.3) is 0 Å². The predicted octanol–water partition coefficient (Wildman–Crippen LogP) is 3.44. The fourth-order valence-electron chi connectivity index (χ4n) is 4.98. The van der Waals surface area contributed by atoms with Gasteiger partial charge in [-0.3, -0.25) is 4.99 Å². The maximum atomic E-state index is 5.71. The van der Waals surface area contributed by atoms with Gasteiger partial charge in [-0.2, -0.15) is 0 Å². The molecule has 1 aromatic rings. The van der Waals surface area contributed by atoms with Gasteiger partial charge < -0.3 is 24.4 Å². The molecule has 3 saturated heterocycles. The summed E-state index contributed by atoms with van der Waals surface area (Å²) in [7, 11) is 1.71. The van der Waals surface area contributed by atoms with Crippen LogP contribution in [0.5, 0.6) is 5.75 Å². The van der Waals surface area contributed by atoms with Crippen molar-refractivity contribution in [3.63, 3.8) is 0 Å². The highest BCUT2D eigenvalue weighted by atomic mass is 127. The van der Waals surface area contributed by atoms with E-state index in [2.05, 4.69) is 41.4 Å². The summed E-state index contributed by atoms with van der Waals surface area (Å²) in [6, 6.07) is 8.53. The first kappa shape index (κ1) is 23.6. The van der Waals surface area contributed by atoms with Gasteiger partial charge in [-0.05, 0) is 50.3 Å². The monoisotopic (exact) mass is 529 g/mol. The van der Waals surface area contributed by atoms with E-state index in [-0.39, 0.29) is 29.4 Å². The van der Waals surface area contributed by atoms with Crippen LogP contribution in [0.15, 0.2) is 29.3 Å². The number of hydrogen-bond donors (Lipinski definition) is 1. The highest BCUT2D eigenvalue weighted by molar-refractivity contribution is 14.0. The zero-order valence-corrected chi connectivity index (χ0v) is 20.7. The molecule has 4 rings (SSSR count). The lowest BCUT2D eigenvalue weighted by Crippen LogP contribution is -2.43. The van der Waals surface area contributed by atoms with Crippen molar-refractivity contribution in [2.75, 3.05) is 59.7 Å². The van der Waals surface area contributed by atoms with Crippen LogP contribution in [-0.4, -0.2) is 70.6 Å². The van der Waals surface area contributed by atoms with Gasteiger partial charge in [0.25, 0.3) is 0 Å². The van der Waals surface area contributed by atoms with Crippen molar-refractivity contribution < 1.29 is 14.2 Å². The van der Waals surface area contributed by atoms with E-state index in [4.69, 9.17) is 19.2 Å². The van der Waals surface area contributed by atoms with Crippen molar-refractivity contribution in [3.8, 4) is 5.75 Å². The van der Waals surface area contributed by atoms with Crippen LogP contribution < -0.4 is 10.1 Å². The molecule has 0 aliphatic carbocycles. The van der Waals surface area contributed by atoms with Crippen molar-refractivity contribution in [3.05, 3.63) is 29.8 Å². The Balaban J connectivity index is 0.00000256. The Morgan fingerprint density at radius 2 is 1.83 bits per heavy atom. The Labute approximate surface area is 197 Å². The van der Waals surface area contributed by atoms with Crippen molar-refractivity contribution in [1.82, 2.24) is 10.2 Å². The third kappa shape index (κ3) is 5.05. The van der Waals surface area contributed by atoms with E-state index in [0.29, 0.717) is 5.41 Å². The molecule has 1 spiro atoms. The molecule has 6 nitrogen and oxygen atoms in total. The first-order valence-electron chi connectivity index (χ1n) is 11.0. The highest BCUT2D eigenvalue weighted by Crippen LogP contribution is 2.39. The molecular formula is C23H36IN3O3. The summed E-state index contributed by atoms with van der Waals surface area (Å²) in [5.41, 5.74) is 1.70. The Morgan fingerprint density at radius 3 is 2.47 bits per heavy atom. The largest absolute Gasteiger partial charge is 0.497 e. The standard InChI is InChI=1S/C23H35N3O3.HI/c1-3-24-21(26-12-8-22(17-26)9-13-29-18-22)25-16-23(10-14-28-15-11-23)19-4-6-20(27-2)7-5-19;/h4-7H,3,8-18H2,1-2H3,(H,24,25);1H. The number of halogens is 1. The van der Waals surface area contributed by atoms with Crippen molar-refractivity contribution in [2.24, 2.45) is 10.4 Å². The minimum absolute atomic E-state index is 0. The second-order valence-electron chi connectivity index (χ2n) is 8.77. The molecule has 0 saturated carbocycles. The van der Waals surface area contributed by atoms with Gasteiger partial charge >= 0.3 is 0 Å². The summed E-state index contributed by atoms with van der Waals surface area (Å²) in [4.78, 5) is 7.61. The van der Waals surface area contributed by atoms with Crippen LogP contribution in [-0.2, 0) is 14.9 Å².